The standard InChI is InChI=1S/C10H9ClO/c1-2-7-6-12-10-4-3-8(11)5-9(7)10/h3-6H,2H2,1H3. The van der Waals surface area contributed by atoms with E-state index in [1.54, 1.807) is 6.26 Å². The minimum absolute atomic E-state index is 0.763. The van der Waals surface area contributed by atoms with Crippen molar-refractivity contribution in [2.45, 2.75) is 13.3 Å². The molecule has 1 aromatic heterocycles. The van der Waals surface area contributed by atoms with Crippen LogP contribution in [0.25, 0.3) is 11.0 Å². The molecule has 0 spiro atoms. The Morgan fingerprint density at radius 1 is 1.42 bits per heavy atom. The van der Waals surface area contributed by atoms with Gasteiger partial charge in [0.05, 0.1) is 6.26 Å². The van der Waals surface area contributed by atoms with Crippen molar-refractivity contribution in [1.82, 2.24) is 0 Å². The summed E-state index contributed by atoms with van der Waals surface area (Å²) in [6.45, 7) is 2.10. The first-order chi connectivity index (χ1) is 5.81. The lowest BCUT2D eigenvalue weighted by atomic mass is 10.1. The molecule has 2 heteroatoms. The van der Waals surface area contributed by atoms with E-state index in [9.17, 15) is 0 Å². The van der Waals surface area contributed by atoms with E-state index in [1.165, 1.54) is 5.56 Å². The van der Waals surface area contributed by atoms with Gasteiger partial charge in [-0.3, -0.25) is 0 Å². The Morgan fingerprint density at radius 2 is 2.25 bits per heavy atom. The summed E-state index contributed by atoms with van der Waals surface area (Å²) in [5.41, 5.74) is 2.13. The topological polar surface area (TPSA) is 13.1 Å². The van der Waals surface area contributed by atoms with Gasteiger partial charge in [0, 0.05) is 10.4 Å². The minimum Gasteiger partial charge on any atom is -0.464 e. The largest absolute Gasteiger partial charge is 0.464 e. The van der Waals surface area contributed by atoms with Crippen molar-refractivity contribution in [2.75, 3.05) is 0 Å². The van der Waals surface area contributed by atoms with Gasteiger partial charge in [0.1, 0.15) is 5.58 Å². The summed E-state index contributed by atoms with van der Waals surface area (Å²) in [6, 6.07) is 5.68. The highest BCUT2D eigenvalue weighted by molar-refractivity contribution is 6.31. The molecule has 2 rings (SSSR count). The third kappa shape index (κ3) is 1.10. The van der Waals surface area contributed by atoms with Crippen LogP contribution in [0.3, 0.4) is 0 Å². The van der Waals surface area contributed by atoms with Crippen LogP contribution in [0.2, 0.25) is 5.02 Å². The minimum atomic E-state index is 0.763. The van der Waals surface area contributed by atoms with Gasteiger partial charge in [-0.25, -0.2) is 0 Å². The fourth-order valence-corrected chi connectivity index (χ4v) is 1.50. The highest BCUT2D eigenvalue weighted by atomic mass is 35.5. The van der Waals surface area contributed by atoms with E-state index in [-0.39, 0.29) is 0 Å². The molecule has 2 aromatic rings. The molecule has 0 atom stereocenters. The van der Waals surface area contributed by atoms with Crippen LogP contribution < -0.4 is 0 Å². The van der Waals surface area contributed by atoms with Crippen LogP contribution in [-0.4, -0.2) is 0 Å². The van der Waals surface area contributed by atoms with E-state index in [1.807, 2.05) is 18.2 Å². The van der Waals surface area contributed by atoms with Gasteiger partial charge in [-0.1, -0.05) is 18.5 Å². The first-order valence-electron chi connectivity index (χ1n) is 3.97. The summed E-state index contributed by atoms with van der Waals surface area (Å²) in [5, 5.41) is 1.89. The number of rotatable bonds is 1. The van der Waals surface area contributed by atoms with Crippen LogP contribution in [0.1, 0.15) is 12.5 Å². The summed E-state index contributed by atoms with van der Waals surface area (Å²) < 4.78 is 5.34. The van der Waals surface area contributed by atoms with Crippen LogP contribution in [0.5, 0.6) is 0 Å². The van der Waals surface area contributed by atoms with Gasteiger partial charge in [0.25, 0.3) is 0 Å². The molecule has 12 heavy (non-hydrogen) atoms. The second kappa shape index (κ2) is 2.83. The monoisotopic (exact) mass is 180 g/mol. The fourth-order valence-electron chi connectivity index (χ4n) is 1.33. The predicted octanol–water partition coefficient (Wildman–Crippen LogP) is 3.65. The number of benzene rings is 1. The molecule has 0 radical (unpaired) electrons. The molecule has 0 aliphatic carbocycles. The van der Waals surface area contributed by atoms with Gasteiger partial charge in [-0.2, -0.15) is 0 Å². The molecule has 0 amide bonds. The summed E-state index contributed by atoms with van der Waals surface area (Å²) in [6.07, 6.45) is 2.77. The zero-order valence-electron chi connectivity index (χ0n) is 6.80. The van der Waals surface area contributed by atoms with Crippen LogP contribution in [0, 0.1) is 0 Å². The summed E-state index contributed by atoms with van der Waals surface area (Å²) >= 11 is 5.86. The van der Waals surface area contributed by atoms with E-state index in [0.29, 0.717) is 0 Å². The Hall–Kier alpha value is -0.950. The van der Waals surface area contributed by atoms with Crippen LogP contribution in [-0.2, 0) is 6.42 Å². The van der Waals surface area contributed by atoms with Gasteiger partial charge >= 0.3 is 0 Å². The highest BCUT2D eigenvalue weighted by Gasteiger charge is 2.03. The second-order valence-electron chi connectivity index (χ2n) is 2.75. The van der Waals surface area contributed by atoms with Crippen molar-refractivity contribution in [3.63, 3.8) is 0 Å². The lowest BCUT2D eigenvalue weighted by molar-refractivity contribution is 0.611. The number of hydrogen-bond acceptors (Lipinski definition) is 1. The molecule has 0 saturated carbocycles. The molecule has 0 aliphatic rings. The molecule has 0 unspecified atom stereocenters. The van der Waals surface area contributed by atoms with Crippen molar-refractivity contribution in [1.29, 1.82) is 0 Å². The van der Waals surface area contributed by atoms with Gasteiger partial charge in [0.2, 0.25) is 0 Å². The molecule has 62 valence electrons. The van der Waals surface area contributed by atoms with Crippen molar-refractivity contribution in [3.05, 3.63) is 35.0 Å². The average molecular weight is 181 g/mol. The molecule has 1 nitrogen and oxygen atoms in total. The Kier molecular flexibility index (Phi) is 1.81. The van der Waals surface area contributed by atoms with Crippen LogP contribution >= 0.6 is 11.6 Å². The molecule has 0 N–H and O–H groups in total. The highest BCUT2D eigenvalue weighted by Crippen LogP contribution is 2.24. The second-order valence-corrected chi connectivity index (χ2v) is 3.19. The molecular weight excluding hydrogens is 172 g/mol. The Bertz CT molecular complexity index is 403. The normalized spacial score (nSPS) is 10.8. The van der Waals surface area contributed by atoms with E-state index in [4.69, 9.17) is 16.0 Å². The number of furan rings is 1. The van der Waals surface area contributed by atoms with Crippen molar-refractivity contribution >= 4 is 22.6 Å². The first kappa shape index (κ1) is 7.69. The molecule has 1 heterocycles. The fraction of sp³-hybridized carbons (Fsp3) is 0.200. The van der Waals surface area contributed by atoms with E-state index < -0.39 is 0 Å². The van der Waals surface area contributed by atoms with Crippen LogP contribution in [0.4, 0.5) is 0 Å². The number of halogens is 1. The van der Waals surface area contributed by atoms with Crippen LogP contribution in [0.15, 0.2) is 28.9 Å². The van der Waals surface area contributed by atoms with E-state index >= 15 is 0 Å². The average Bonchev–Trinajstić information content (AvgIpc) is 2.46. The SMILES string of the molecule is CCc1coc2ccc(Cl)cc12. The molecule has 0 saturated heterocycles. The zero-order chi connectivity index (χ0) is 8.55. The zero-order valence-corrected chi connectivity index (χ0v) is 7.56. The van der Waals surface area contributed by atoms with Crippen molar-refractivity contribution in [3.8, 4) is 0 Å². The number of hydrogen-bond donors (Lipinski definition) is 0. The quantitative estimate of drug-likeness (QED) is 0.653. The van der Waals surface area contributed by atoms with Gasteiger partial charge in [0.15, 0.2) is 0 Å². The first-order valence-corrected chi connectivity index (χ1v) is 4.34. The van der Waals surface area contributed by atoms with Gasteiger partial charge in [-0.05, 0) is 30.2 Å². The Labute approximate surface area is 75.9 Å². The molecule has 0 aliphatic heterocycles. The summed E-state index contributed by atoms with van der Waals surface area (Å²) in [5.74, 6) is 0. The Balaban J connectivity index is 2.75. The molecule has 1 aromatic carbocycles. The maximum atomic E-state index is 5.86. The third-order valence-corrected chi connectivity index (χ3v) is 2.23. The predicted molar refractivity (Wildman–Crippen MR) is 50.6 cm³/mol. The van der Waals surface area contributed by atoms with E-state index in [2.05, 4.69) is 6.92 Å². The van der Waals surface area contributed by atoms with Gasteiger partial charge in [-0.15, -0.1) is 0 Å². The third-order valence-electron chi connectivity index (χ3n) is 2.00. The smallest absolute Gasteiger partial charge is 0.134 e. The Morgan fingerprint density at radius 3 is 3.00 bits per heavy atom. The van der Waals surface area contributed by atoms with E-state index in [0.717, 1.165) is 22.4 Å². The summed E-state index contributed by atoms with van der Waals surface area (Å²) in [7, 11) is 0. The molecule has 0 fully saturated rings. The lowest BCUT2D eigenvalue weighted by Crippen LogP contribution is -1.74. The maximum absolute atomic E-state index is 5.86. The van der Waals surface area contributed by atoms with Crippen molar-refractivity contribution in [2.24, 2.45) is 0 Å². The van der Waals surface area contributed by atoms with Crippen molar-refractivity contribution < 1.29 is 4.42 Å². The lowest BCUT2D eigenvalue weighted by Gasteiger charge is -1.91. The number of aryl methyl sites for hydroxylation is 1. The molecule has 0 bridgehead atoms. The van der Waals surface area contributed by atoms with Gasteiger partial charge < -0.3 is 4.42 Å². The summed E-state index contributed by atoms with van der Waals surface area (Å²) in [4.78, 5) is 0. The molecular formula is C10H9ClO. The number of fused-ring (bicyclic) bond motifs is 1. The maximum Gasteiger partial charge on any atom is 0.134 e.